The first-order valence-electron chi connectivity index (χ1n) is 8.59. The second kappa shape index (κ2) is 7.46. The Morgan fingerprint density at radius 1 is 1.19 bits per heavy atom. The number of benzene rings is 2. The van der Waals surface area contributed by atoms with Gasteiger partial charge in [0.05, 0.1) is 5.52 Å². The zero-order chi connectivity index (χ0) is 18.8. The fraction of sp³-hybridized carbons (Fsp3) is 0.227. The Bertz CT molecular complexity index is 1000. The van der Waals surface area contributed by atoms with Crippen molar-refractivity contribution in [1.29, 1.82) is 0 Å². The van der Waals surface area contributed by atoms with E-state index in [4.69, 9.17) is 11.6 Å². The summed E-state index contributed by atoms with van der Waals surface area (Å²) in [6.07, 6.45) is 6.02. The van der Waals surface area contributed by atoms with E-state index < -0.39 is 0 Å². The maximum atomic E-state index is 14.2. The summed E-state index contributed by atoms with van der Waals surface area (Å²) in [5.74, 6) is -0.0402. The van der Waals surface area contributed by atoms with Crippen LogP contribution in [0.15, 0.2) is 42.6 Å². The van der Waals surface area contributed by atoms with Crippen molar-refractivity contribution in [2.24, 2.45) is 13.0 Å². The molecule has 0 unspecified atom stereocenters. The molecule has 0 spiro atoms. The van der Waals surface area contributed by atoms with Crippen LogP contribution >= 0.6 is 11.6 Å². The van der Waals surface area contributed by atoms with E-state index >= 15 is 0 Å². The molecule has 4 heteroatoms. The minimum absolute atomic E-state index is 0.00889. The van der Waals surface area contributed by atoms with E-state index in [0.29, 0.717) is 16.8 Å². The Hall–Kier alpha value is -2.39. The molecule has 26 heavy (non-hydrogen) atoms. The smallest absolute Gasteiger partial charge is 0.139 e. The lowest BCUT2D eigenvalue weighted by atomic mass is 10.00. The van der Waals surface area contributed by atoms with Gasteiger partial charge in [-0.3, -0.25) is 4.79 Å². The quantitative estimate of drug-likeness (QED) is 0.548. The van der Waals surface area contributed by atoms with Crippen molar-refractivity contribution >= 4 is 40.4 Å². The van der Waals surface area contributed by atoms with Crippen LogP contribution in [0.5, 0.6) is 0 Å². The standard InChI is InChI=1S/C22H21ClFNO/c1-14(2)21(26)12-15-7-8-16(18(23)11-15)9-10-17-13-25(3)20-6-4-5-19(24)22(17)20/h4-11,13-14H,12H2,1-3H3/b10-9+. The fourth-order valence-corrected chi connectivity index (χ4v) is 3.23. The fourth-order valence-electron chi connectivity index (χ4n) is 2.96. The topological polar surface area (TPSA) is 22.0 Å². The number of rotatable bonds is 5. The highest BCUT2D eigenvalue weighted by Crippen LogP contribution is 2.27. The summed E-state index contributed by atoms with van der Waals surface area (Å²) in [5.41, 5.74) is 3.39. The van der Waals surface area contributed by atoms with E-state index in [2.05, 4.69) is 0 Å². The highest BCUT2D eigenvalue weighted by atomic mass is 35.5. The second-order valence-electron chi connectivity index (χ2n) is 6.82. The summed E-state index contributed by atoms with van der Waals surface area (Å²) in [6.45, 7) is 3.79. The molecule has 0 aliphatic heterocycles. The Morgan fingerprint density at radius 3 is 2.62 bits per heavy atom. The van der Waals surface area contributed by atoms with Gasteiger partial charge in [-0.25, -0.2) is 4.39 Å². The minimum Gasteiger partial charge on any atom is -0.350 e. The first-order valence-corrected chi connectivity index (χ1v) is 8.97. The van der Waals surface area contributed by atoms with Crippen LogP contribution < -0.4 is 0 Å². The van der Waals surface area contributed by atoms with E-state index in [0.717, 1.165) is 22.2 Å². The SMILES string of the molecule is CC(C)C(=O)Cc1ccc(/C=C/c2cn(C)c3cccc(F)c23)c(Cl)c1. The molecule has 0 N–H and O–H groups in total. The molecule has 1 aromatic heterocycles. The average molecular weight is 370 g/mol. The molecule has 1 heterocycles. The van der Waals surface area contributed by atoms with Crippen LogP contribution in [0.3, 0.4) is 0 Å². The lowest BCUT2D eigenvalue weighted by Crippen LogP contribution is -2.10. The van der Waals surface area contributed by atoms with Gasteiger partial charge in [0.1, 0.15) is 11.6 Å². The third-order valence-electron chi connectivity index (χ3n) is 4.52. The highest BCUT2D eigenvalue weighted by molar-refractivity contribution is 6.32. The molecule has 0 amide bonds. The molecule has 0 bridgehead atoms. The largest absolute Gasteiger partial charge is 0.350 e. The Balaban J connectivity index is 1.89. The number of nitrogens with zero attached hydrogens (tertiary/aromatic N) is 1. The van der Waals surface area contributed by atoms with Gasteiger partial charge in [-0.1, -0.05) is 55.8 Å². The summed E-state index contributed by atoms with van der Waals surface area (Å²) in [6, 6.07) is 10.7. The Kier molecular flexibility index (Phi) is 5.28. The summed E-state index contributed by atoms with van der Waals surface area (Å²) < 4.78 is 16.1. The number of aryl methyl sites for hydroxylation is 1. The lowest BCUT2D eigenvalue weighted by molar-refractivity contribution is -0.121. The number of fused-ring (bicyclic) bond motifs is 1. The third kappa shape index (κ3) is 3.73. The molecule has 0 saturated carbocycles. The first kappa shape index (κ1) is 18.4. The lowest BCUT2D eigenvalue weighted by Gasteiger charge is -2.06. The minimum atomic E-state index is -0.239. The van der Waals surface area contributed by atoms with Gasteiger partial charge in [0.25, 0.3) is 0 Å². The zero-order valence-electron chi connectivity index (χ0n) is 15.1. The summed E-state index contributed by atoms with van der Waals surface area (Å²) >= 11 is 6.37. The molecule has 0 fully saturated rings. The molecular weight excluding hydrogens is 349 g/mol. The van der Waals surface area contributed by atoms with Crippen molar-refractivity contribution in [3.63, 3.8) is 0 Å². The number of Topliss-reactive ketones (excluding diaryl/α,β-unsaturated/α-hetero) is 1. The van der Waals surface area contributed by atoms with Gasteiger partial charge in [-0.15, -0.1) is 0 Å². The summed E-state index contributed by atoms with van der Waals surface area (Å²) in [4.78, 5) is 11.9. The molecule has 0 aliphatic rings. The van der Waals surface area contributed by atoms with Gasteiger partial charge in [0, 0.05) is 41.6 Å². The van der Waals surface area contributed by atoms with Crippen molar-refractivity contribution in [1.82, 2.24) is 4.57 Å². The molecule has 134 valence electrons. The van der Waals surface area contributed by atoms with Crippen molar-refractivity contribution in [2.45, 2.75) is 20.3 Å². The van der Waals surface area contributed by atoms with E-state index in [1.165, 1.54) is 6.07 Å². The maximum absolute atomic E-state index is 14.2. The van der Waals surface area contributed by atoms with Crippen LogP contribution in [0.1, 0.15) is 30.5 Å². The van der Waals surface area contributed by atoms with E-state index in [9.17, 15) is 9.18 Å². The second-order valence-corrected chi connectivity index (χ2v) is 7.22. The summed E-state index contributed by atoms with van der Waals surface area (Å²) in [7, 11) is 1.90. The number of halogens is 2. The number of hydrogen-bond acceptors (Lipinski definition) is 1. The molecule has 0 atom stereocenters. The van der Waals surface area contributed by atoms with Crippen LogP contribution in [0, 0.1) is 11.7 Å². The number of hydrogen-bond donors (Lipinski definition) is 0. The number of ketones is 1. The van der Waals surface area contributed by atoms with Gasteiger partial charge in [-0.2, -0.15) is 0 Å². The van der Waals surface area contributed by atoms with E-state index in [1.807, 2.05) is 68.1 Å². The molecule has 2 aromatic carbocycles. The third-order valence-corrected chi connectivity index (χ3v) is 4.85. The van der Waals surface area contributed by atoms with Gasteiger partial charge in [0.15, 0.2) is 0 Å². The Labute approximate surface area is 157 Å². The molecule has 3 aromatic rings. The van der Waals surface area contributed by atoms with Crippen molar-refractivity contribution in [3.05, 3.63) is 70.1 Å². The molecule has 0 saturated heterocycles. The number of aromatic nitrogens is 1. The molecule has 3 rings (SSSR count). The van der Waals surface area contributed by atoms with Crippen molar-refractivity contribution in [3.8, 4) is 0 Å². The van der Waals surface area contributed by atoms with Crippen LogP contribution in [-0.2, 0) is 18.3 Å². The molecule has 2 nitrogen and oxygen atoms in total. The normalized spacial score (nSPS) is 11.8. The van der Waals surface area contributed by atoms with Gasteiger partial charge in [-0.05, 0) is 29.3 Å². The Morgan fingerprint density at radius 2 is 1.92 bits per heavy atom. The van der Waals surface area contributed by atoms with E-state index in [-0.39, 0.29) is 17.5 Å². The highest BCUT2D eigenvalue weighted by Gasteiger charge is 2.11. The summed E-state index contributed by atoms with van der Waals surface area (Å²) in [5, 5.41) is 1.18. The first-order chi connectivity index (χ1) is 12.4. The monoisotopic (exact) mass is 369 g/mol. The van der Waals surface area contributed by atoms with Crippen LogP contribution in [0.25, 0.3) is 23.1 Å². The van der Waals surface area contributed by atoms with Gasteiger partial charge >= 0.3 is 0 Å². The maximum Gasteiger partial charge on any atom is 0.139 e. The van der Waals surface area contributed by atoms with Gasteiger partial charge < -0.3 is 4.57 Å². The number of carbonyl (C=O) groups excluding carboxylic acids is 1. The van der Waals surface area contributed by atoms with Crippen molar-refractivity contribution in [2.75, 3.05) is 0 Å². The molecule has 0 aliphatic carbocycles. The van der Waals surface area contributed by atoms with Gasteiger partial charge in [0.2, 0.25) is 0 Å². The molecular formula is C22H21ClFNO. The molecule has 0 radical (unpaired) electrons. The van der Waals surface area contributed by atoms with Crippen LogP contribution in [0.4, 0.5) is 4.39 Å². The van der Waals surface area contributed by atoms with E-state index in [1.54, 1.807) is 6.07 Å². The number of carbonyl (C=O) groups is 1. The predicted octanol–water partition coefficient (Wildman–Crippen LogP) is 5.91. The van der Waals surface area contributed by atoms with Crippen LogP contribution in [-0.4, -0.2) is 10.4 Å². The average Bonchev–Trinajstić information content (AvgIpc) is 2.91. The predicted molar refractivity (Wildman–Crippen MR) is 107 cm³/mol. The zero-order valence-corrected chi connectivity index (χ0v) is 15.8. The van der Waals surface area contributed by atoms with Crippen LogP contribution in [0.2, 0.25) is 5.02 Å². The van der Waals surface area contributed by atoms with Crippen molar-refractivity contribution < 1.29 is 9.18 Å².